The van der Waals surface area contributed by atoms with Crippen molar-refractivity contribution in [1.82, 2.24) is 15.0 Å². The van der Waals surface area contributed by atoms with Crippen molar-refractivity contribution >= 4 is 23.3 Å². The molecule has 0 radical (unpaired) electrons. The maximum atomic E-state index is 11.8. The lowest BCUT2D eigenvalue weighted by molar-refractivity contribution is 0.0602. The fraction of sp³-hybridized carbons (Fsp3) is 0.111. The van der Waals surface area contributed by atoms with Crippen molar-refractivity contribution in [3.63, 3.8) is 0 Å². The molecule has 7 heteroatoms. The first kappa shape index (κ1) is 16.4. The highest BCUT2D eigenvalue weighted by Crippen LogP contribution is 2.21. The Morgan fingerprint density at radius 3 is 2.76 bits per heavy atom. The number of methoxy groups -OCH3 is 1. The summed E-state index contributed by atoms with van der Waals surface area (Å²) in [5, 5.41) is 6.33. The minimum Gasteiger partial charge on any atom is -0.465 e. The van der Waals surface area contributed by atoms with E-state index in [4.69, 9.17) is 4.74 Å². The zero-order valence-electron chi connectivity index (χ0n) is 13.6. The number of carbonyl (C=O) groups is 1. The molecule has 0 unspecified atom stereocenters. The Morgan fingerprint density at radius 2 is 1.96 bits per heavy atom. The van der Waals surface area contributed by atoms with Crippen molar-refractivity contribution in [2.45, 2.75) is 6.54 Å². The number of benzene rings is 1. The largest absolute Gasteiger partial charge is 0.465 e. The molecule has 2 heterocycles. The first-order chi connectivity index (χ1) is 12.3. The summed E-state index contributed by atoms with van der Waals surface area (Å²) in [5.74, 6) is 0.823. The summed E-state index contributed by atoms with van der Waals surface area (Å²) in [5.41, 5.74) is 2.10. The van der Waals surface area contributed by atoms with Crippen LogP contribution >= 0.6 is 0 Å². The van der Waals surface area contributed by atoms with Crippen LogP contribution in [0.2, 0.25) is 0 Å². The lowest BCUT2D eigenvalue weighted by Gasteiger charge is -2.11. The summed E-state index contributed by atoms with van der Waals surface area (Å²) in [6.07, 6.45) is 4.98. The van der Waals surface area contributed by atoms with Crippen LogP contribution in [-0.2, 0) is 11.3 Å². The van der Waals surface area contributed by atoms with Gasteiger partial charge in [-0.15, -0.1) is 0 Å². The van der Waals surface area contributed by atoms with Gasteiger partial charge in [-0.1, -0.05) is 18.2 Å². The second-order valence-corrected chi connectivity index (χ2v) is 5.17. The molecule has 0 aliphatic carbocycles. The lowest BCUT2D eigenvalue weighted by atomic mass is 10.2. The average molecular weight is 335 g/mol. The van der Waals surface area contributed by atoms with Gasteiger partial charge < -0.3 is 15.4 Å². The van der Waals surface area contributed by atoms with Crippen LogP contribution in [0, 0.1) is 0 Å². The molecule has 0 bridgehead atoms. The zero-order valence-corrected chi connectivity index (χ0v) is 13.6. The SMILES string of the molecule is COC(=O)c1ccccc1Nc1cc(NCc2cccnc2)ncn1. The standard InChI is InChI=1S/C18H17N5O2/c1-25-18(24)14-6-2-3-7-15(14)23-17-9-16(21-12-22-17)20-11-13-5-4-8-19-10-13/h2-10,12H,11H2,1H3,(H2,20,21,22,23). The first-order valence-corrected chi connectivity index (χ1v) is 7.65. The molecule has 0 fully saturated rings. The fourth-order valence-electron chi connectivity index (χ4n) is 2.24. The second kappa shape index (κ2) is 7.87. The molecular weight excluding hydrogens is 318 g/mol. The van der Waals surface area contributed by atoms with Crippen molar-refractivity contribution in [3.05, 3.63) is 72.3 Å². The van der Waals surface area contributed by atoms with Gasteiger partial charge in [-0.2, -0.15) is 0 Å². The van der Waals surface area contributed by atoms with Crippen molar-refractivity contribution in [1.29, 1.82) is 0 Å². The van der Waals surface area contributed by atoms with E-state index in [0.29, 0.717) is 29.4 Å². The summed E-state index contributed by atoms with van der Waals surface area (Å²) in [6, 6.07) is 12.7. The molecule has 0 atom stereocenters. The topological polar surface area (TPSA) is 89.0 Å². The molecule has 0 saturated carbocycles. The molecule has 0 saturated heterocycles. The zero-order chi connectivity index (χ0) is 17.5. The van der Waals surface area contributed by atoms with E-state index in [1.165, 1.54) is 13.4 Å². The Morgan fingerprint density at radius 1 is 1.12 bits per heavy atom. The third kappa shape index (κ3) is 4.29. The molecule has 1 aromatic carbocycles. The number of ether oxygens (including phenoxy) is 1. The Balaban J connectivity index is 1.73. The molecule has 0 amide bonds. The van der Waals surface area contributed by atoms with Gasteiger partial charge in [0.2, 0.25) is 0 Å². The van der Waals surface area contributed by atoms with Crippen LogP contribution in [0.5, 0.6) is 0 Å². The highest BCUT2D eigenvalue weighted by Gasteiger charge is 2.11. The third-order valence-corrected chi connectivity index (χ3v) is 3.46. The molecule has 7 nitrogen and oxygen atoms in total. The van der Waals surface area contributed by atoms with Crippen LogP contribution in [0.25, 0.3) is 0 Å². The minimum atomic E-state index is -0.410. The van der Waals surface area contributed by atoms with Gasteiger partial charge in [0.25, 0.3) is 0 Å². The second-order valence-electron chi connectivity index (χ2n) is 5.17. The molecule has 0 aliphatic rings. The van der Waals surface area contributed by atoms with Crippen LogP contribution in [0.4, 0.5) is 17.3 Å². The Hall–Kier alpha value is -3.48. The number of hydrogen-bond acceptors (Lipinski definition) is 7. The highest BCUT2D eigenvalue weighted by molar-refractivity contribution is 5.96. The average Bonchev–Trinajstić information content (AvgIpc) is 2.67. The number of aromatic nitrogens is 3. The Labute approximate surface area is 145 Å². The van der Waals surface area contributed by atoms with Gasteiger partial charge in [0.15, 0.2) is 0 Å². The Bertz CT molecular complexity index is 855. The quantitative estimate of drug-likeness (QED) is 0.669. The number of nitrogens with one attached hydrogen (secondary N) is 2. The van der Waals surface area contributed by atoms with Crippen LogP contribution < -0.4 is 10.6 Å². The summed E-state index contributed by atoms with van der Waals surface area (Å²) >= 11 is 0. The molecule has 2 aromatic heterocycles. The van der Waals surface area contributed by atoms with Gasteiger partial charge in [0.05, 0.1) is 18.4 Å². The van der Waals surface area contributed by atoms with E-state index in [1.807, 2.05) is 18.2 Å². The first-order valence-electron chi connectivity index (χ1n) is 7.65. The smallest absolute Gasteiger partial charge is 0.339 e. The normalized spacial score (nSPS) is 10.1. The van der Waals surface area contributed by atoms with E-state index in [9.17, 15) is 4.79 Å². The monoisotopic (exact) mass is 335 g/mol. The molecular formula is C18H17N5O2. The summed E-state index contributed by atoms with van der Waals surface area (Å²) in [6.45, 7) is 0.600. The predicted molar refractivity (Wildman–Crippen MR) is 94.7 cm³/mol. The van der Waals surface area contributed by atoms with Crippen LogP contribution in [0.1, 0.15) is 15.9 Å². The van der Waals surface area contributed by atoms with Crippen molar-refractivity contribution in [3.8, 4) is 0 Å². The highest BCUT2D eigenvalue weighted by atomic mass is 16.5. The van der Waals surface area contributed by atoms with E-state index in [2.05, 4.69) is 25.6 Å². The number of para-hydroxylation sites is 1. The molecule has 25 heavy (non-hydrogen) atoms. The van der Waals surface area contributed by atoms with Crippen LogP contribution in [0.3, 0.4) is 0 Å². The summed E-state index contributed by atoms with van der Waals surface area (Å²) < 4.78 is 4.80. The number of rotatable bonds is 6. The molecule has 3 rings (SSSR count). The van der Waals surface area contributed by atoms with E-state index in [1.54, 1.807) is 36.7 Å². The minimum absolute atomic E-state index is 0.410. The number of pyridine rings is 1. The number of esters is 1. The van der Waals surface area contributed by atoms with Crippen molar-refractivity contribution in [2.75, 3.05) is 17.7 Å². The summed E-state index contributed by atoms with van der Waals surface area (Å²) in [4.78, 5) is 24.3. The molecule has 3 aromatic rings. The Kier molecular flexibility index (Phi) is 5.16. The van der Waals surface area contributed by atoms with Gasteiger partial charge >= 0.3 is 5.97 Å². The molecule has 0 aliphatic heterocycles. The number of carbonyl (C=O) groups excluding carboxylic acids is 1. The van der Waals surface area contributed by atoms with Crippen LogP contribution in [-0.4, -0.2) is 28.0 Å². The fourth-order valence-corrected chi connectivity index (χ4v) is 2.24. The van der Waals surface area contributed by atoms with Gasteiger partial charge in [-0.25, -0.2) is 14.8 Å². The van der Waals surface area contributed by atoms with E-state index in [-0.39, 0.29) is 0 Å². The lowest BCUT2D eigenvalue weighted by Crippen LogP contribution is -2.07. The predicted octanol–water partition coefficient (Wildman–Crippen LogP) is 3.01. The molecule has 2 N–H and O–H groups in total. The third-order valence-electron chi connectivity index (χ3n) is 3.46. The van der Waals surface area contributed by atoms with Crippen LogP contribution in [0.15, 0.2) is 61.2 Å². The number of anilines is 3. The van der Waals surface area contributed by atoms with E-state index < -0.39 is 5.97 Å². The maximum Gasteiger partial charge on any atom is 0.339 e. The van der Waals surface area contributed by atoms with Crippen molar-refractivity contribution in [2.24, 2.45) is 0 Å². The van der Waals surface area contributed by atoms with Gasteiger partial charge in [0.1, 0.15) is 18.0 Å². The molecule has 126 valence electrons. The van der Waals surface area contributed by atoms with Gasteiger partial charge in [-0.05, 0) is 23.8 Å². The van der Waals surface area contributed by atoms with E-state index >= 15 is 0 Å². The molecule has 0 spiro atoms. The van der Waals surface area contributed by atoms with Gasteiger partial charge in [0, 0.05) is 25.0 Å². The maximum absolute atomic E-state index is 11.8. The number of hydrogen-bond donors (Lipinski definition) is 2. The van der Waals surface area contributed by atoms with Crippen molar-refractivity contribution < 1.29 is 9.53 Å². The van der Waals surface area contributed by atoms with E-state index in [0.717, 1.165) is 5.56 Å². The number of nitrogens with zero attached hydrogens (tertiary/aromatic N) is 3. The summed E-state index contributed by atoms with van der Waals surface area (Å²) in [7, 11) is 1.35. The van der Waals surface area contributed by atoms with Gasteiger partial charge in [-0.3, -0.25) is 4.98 Å².